The Morgan fingerprint density at radius 1 is 0.650 bits per heavy atom. The van der Waals surface area contributed by atoms with Crippen LogP contribution in [0.4, 0.5) is 5.95 Å². The van der Waals surface area contributed by atoms with Crippen LogP contribution in [0.25, 0.3) is 11.2 Å². The molecule has 0 saturated heterocycles. The molecule has 0 amide bonds. The van der Waals surface area contributed by atoms with Gasteiger partial charge in [-0.3, -0.25) is 19.2 Å². The van der Waals surface area contributed by atoms with Crippen LogP contribution in [-0.4, -0.2) is 58.2 Å². The number of aromatic nitrogens is 4. The highest BCUT2D eigenvalue weighted by Crippen LogP contribution is 2.46. The number of aromatic amines is 1. The summed E-state index contributed by atoms with van der Waals surface area (Å²) in [7, 11) is 3.08. The van der Waals surface area contributed by atoms with Crippen LogP contribution in [0.3, 0.4) is 0 Å². The van der Waals surface area contributed by atoms with Crippen LogP contribution in [0.2, 0.25) is 0 Å². The van der Waals surface area contributed by atoms with Gasteiger partial charge in [0.2, 0.25) is 12.4 Å². The largest absolute Gasteiger partial charge is 0.394 e. The Kier molecular flexibility index (Phi) is 12.0. The number of benzene rings is 6. The van der Waals surface area contributed by atoms with Crippen molar-refractivity contribution in [1.29, 1.82) is 0 Å². The fourth-order valence-corrected chi connectivity index (χ4v) is 7.95. The molecule has 2 N–H and O–H groups in total. The minimum absolute atomic E-state index is 0.0359. The van der Waals surface area contributed by atoms with Gasteiger partial charge in [-0.2, -0.15) is 4.98 Å². The van der Waals surface area contributed by atoms with Crippen LogP contribution in [0, 0.1) is 0 Å². The molecule has 2 unspecified atom stereocenters. The molecule has 11 heteroatoms. The van der Waals surface area contributed by atoms with Crippen LogP contribution >= 0.6 is 0 Å². The maximum absolute atomic E-state index is 14.3. The van der Waals surface area contributed by atoms with E-state index in [1.54, 1.807) is 16.7 Å². The molecule has 60 heavy (non-hydrogen) atoms. The van der Waals surface area contributed by atoms with E-state index < -0.39 is 29.2 Å². The molecule has 2 atom stereocenters. The van der Waals surface area contributed by atoms with Gasteiger partial charge in [0.05, 0.1) is 20.3 Å². The third kappa shape index (κ3) is 7.41. The Labute approximate surface area is 348 Å². The number of aliphatic hydroxyl groups is 1. The number of hydrogen-bond acceptors (Lipinski definition) is 9. The van der Waals surface area contributed by atoms with E-state index in [9.17, 15) is 9.90 Å². The Balaban J connectivity index is 1.38. The van der Waals surface area contributed by atoms with Crippen molar-refractivity contribution in [3.8, 4) is 0 Å². The van der Waals surface area contributed by atoms with Crippen molar-refractivity contribution in [1.82, 2.24) is 19.5 Å². The summed E-state index contributed by atoms with van der Waals surface area (Å²) in [5, 5.41) is 12.2. The first-order valence-corrected chi connectivity index (χ1v) is 19.6. The van der Waals surface area contributed by atoms with Crippen LogP contribution < -0.4 is 10.6 Å². The van der Waals surface area contributed by atoms with Gasteiger partial charge >= 0.3 is 0 Å². The summed E-state index contributed by atoms with van der Waals surface area (Å²) in [6.07, 6.45) is -0.732. The highest BCUT2D eigenvalue weighted by atomic mass is 16.7. The van der Waals surface area contributed by atoms with E-state index in [1.165, 1.54) is 13.4 Å². The predicted octanol–water partition coefficient (Wildman–Crippen LogP) is 7.97. The molecule has 0 aliphatic rings. The number of aliphatic hydroxyl groups excluding tert-OH is 1. The number of fused-ring (bicyclic) bond motifs is 1. The van der Waals surface area contributed by atoms with E-state index in [1.807, 2.05) is 182 Å². The minimum Gasteiger partial charge on any atom is -0.394 e. The Bertz CT molecular complexity index is 2440. The van der Waals surface area contributed by atoms with Crippen molar-refractivity contribution in [3.05, 3.63) is 232 Å². The maximum atomic E-state index is 14.3. The molecule has 8 rings (SSSR count). The van der Waals surface area contributed by atoms with Crippen molar-refractivity contribution in [2.24, 2.45) is 0 Å². The van der Waals surface area contributed by atoms with E-state index in [0.717, 1.165) is 33.4 Å². The quantitative estimate of drug-likeness (QED) is 0.0537. The number of ether oxygens (including phenoxy) is 3. The first-order chi connectivity index (χ1) is 29.5. The highest BCUT2D eigenvalue weighted by molar-refractivity contribution is 5.72. The summed E-state index contributed by atoms with van der Waals surface area (Å²) in [5.41, 5.74) is 2.20. The van der Waals surface area contributed by atoms with E-state index in [-0.39, 0.29) is 30.3 Å². The van der Waals surface area contributed by atoms with Crippen molar-refractivity contribution < 1.29 is 24.2 Å². The van der Waals surface area contributed by atoms with Crippen LogP contribution in [0.5, 0.6) is 0 Å². The molecular formula is C49H45N5O6. The lowest BCUT2D eigenvalue weighted by molar-refractivity contribution is -0.261. The second-order valence-corrected chi connectivity index (χ2v) is 14.1. The second-order valence-electron chi connectivity index (χ2n) is 14.1. The van der Waals surface area contributed by atoms with Gasteiger partial charge in [-0.25, -0.2) is 10.0 Å². The normalized spacial score (nSPS) is 12.9. The highest BCUT2D eigenvalue weighted by Gasteiger charge is 2.46. The second kappa shape index (κ2) is 18.0. The molecule has 8 aromatic rings. The molecule has 2 aromatic heterocycles. The topological polar surface area (TPSA) is 124 Å². The summed E-state index contributed by atoms with van der Waals surface area (Å²) >= 11 is 0. The van der Waals surface area contributed by atoms with E-state index in [4.69, 9.17) is 24.0 Å². The number of nitrogens with one attached hydrogen (secondary N) is 1. The van der Waals surface area contributed by atoms with Crippen molar-refractivity contribution in [2.75, 3.05) is 32.5 Å². The van der Waals surface area contributed by atoms with Crippen molar-refractivity contribution >= 4 is 17.1 Å². The number of nitrogens with zero attached hydrogens (tertiary/aromatic N) is 4. The van der Waals surface area contributed by atoms with Gasteiger partial charge in [0, 0.05) is 7.11 Å². The molecule has 0 fully saturated rings. The Hall–Kier alpha value is -6.73. The number of anilines is 1. The zero-order valence-electron chi connectivity index (χ0n) is 33.2. The van der Waals surface area contributed by atoms with Crippen molar-refractivity contribution in [2.45, 2.75) is 23.7 Å². The van der Waals surface area contributed by atoms with Gasteiger partial charge in [-0.1, -0.05) is 182 Å². The number of rotatable bonds is 17. The fourth-order valence-electron chi connectivity index (χ4n) is 7.95. The zero-order chi connectivity index (χ0) is 41.4. The van der Waals surface area contributed by atoms with E-state index in [0.29, 0.717) is 0 Å². The van der Waals surface area contributed by atoms with Gasteiger partial charge in [0.15, 0.2) is 11.2 Å². The minimum atomic E-state index is -1.34. The number of imidazole rings is 1. The molecule has 0 aliphatic carbocycles. The fraction of sp³-hybridized carbons (Fsp3) is 0.163. The monoisotopic (exact) mass is 799 g/mol. The summed E-state index contributed by atoms with van der Waals surface area (Å²) in [6.45, 7) is -0.345. The van der Waals surface area contributed by atoms with Crippen LogP contribution in [0.15, 0.2) is 193 Å². The molecule has 0 bridgehead atoms. The molecule has 0 aliphatic heterocycles. The molecule has 6 aromatic carbocycles. The predicted molar refractivity (Wildman–Crippen MR) is 230 cm³/mol. The number of hydrogen-bond donors (Lipinski definition) is 2. The van der Waals surface area contributed by atoms with Gasteiger partial charge < -0.3 is 19.3 Å². The van der Waals surface area contributed by atoms with Crippen molar-refractivity contribution in [3.63, 3.8) is 0 Å². The average Bonchev–Trinajstić information content (AvgIpc) is 3.75. The standard InChI is InChI=1S/C49H45N5O6/c1-57-34-42(33-55)59-47(60-49(39-27-15-6-16-28-39,40-29-17-7-18-30-40)41-31-19-8-20-32-41)53-35-50-43-44(53)51-46(52-45(43)56)54(58-2)48(36-21-9-3-10-22-36,37-23-11-4-12-24-37)38-25-13-5-14-26-38/h3-32,35,42,47,55H,33-34H2,1-2H3,(H,51,52,56). The average molecular weight is 800 g/mol. The van der Waals surface area contributed by atoms with Crippen LogP contribution in [-0.2, 0) is 30.2 Å². The van der Waals surface area contributed by atoms with Crippen LogP contribution in [0.1, 0.15) is 39.8 Å². The molecule has 0 spiro atoms. The van der Waals surface area contributed by atoms with E-state index >= 15 is 0 Å². The number of hydroxylamine groups is 1. The summed E-state index contributed by atoms with van der Waals surface area (Å²) in [6, 6.07) is 59.3. The SMILES string of the molecule is COCC(CO)OC(OC(c1ccccc1)(c1ccccc1)c1ccccc1)n1cnc2c(=O)[nH]c(N(OC)C(c3ccccc3)(c3ccccc3)c3ccccc3)nc21. The molecule has 11 nitrogen and oxygen atoms in total. The molecule has 0 saturated carbocycles. The van der Waals surface area contributed by atoms with Gasteiger partial charge in [0.25, 0.3) is 5.56 Å². The number of methoxy groups -OCH3 is 1. The molecule has 2 heterocycles. The summed E-state index contributed by atoms with van der Waals surface area (Å²) in [5.74, 6) is 0.0862. The van der Waals surface area contributed by atoms with Gasteiger partial charge in [-0.05, 0) is 33.4 Å². The van der Waals surface area contributed by atoms with Gasteiger partial charge in [0.1, 0.15) is 23.6 Å². The Morgan fingerprint density at radius 3 is 1.45 bits per heavy atom. The lowest BCUT2D eigenvalue weighted by atomic mass is 9.76. The molecule has 302 valence electrons. The van der Waals surface area contributed by atoms with Gasteiger partial charge in [-0.15, -0.1) is 0 Å². The lowest BCUT2D eigenvalue weighted by Gasteiger charge is -2.43. The third-order valence-electron chi connectivity index (χ3n) is 10.6. The molecule has 0 radical (unpaired) electrons. The Morgan fingerprint density at radius 2 is 1.07 bits per heavy atom. The number of H-pyrrole nitrogens is 1. The summed E-state index contributed by atoms with van der Waals surface area (Å²) in [4.78, 5) is 33.4. The maximum Gasteiger partial charge on any atom is 0.280 e. The smallest absolute Gasteiger partial charge is 0.280 e. The first-order valence-electron chi connectivity index (χ1n) is 19.6. The van der Waals surface area contributed by atoms with E-state index in [2.05, 4.69) is 9.97 Å². The molecular weight excluding hydrogens is 755 g/mol. The third-order valence-corrected chi connectivity index (χ3v) is 10.6. The first kappa shape index (κ1) is 40.1. The summed E-state index contributed by atoms with van der Waals surface area (Å²) < 4.78 is 21.1. The zero-order valence-corrected chi connectivity index (χ0v) is 33.2. The lowest BCUT2D eigenvalue weighted by Crippen LogP contribution is -2.49.